The molecule has 1 saturated heterocycles. The number of fused-ring (bicyclic) bond motifs is 3. The first kappa shape index (κ1) is 15.6. The van der Waals surface area contributed by atoms with Crippen molar-refractivity contribution in [3.63, 3.8) is 0 Å². The Balaban J connectivity index is 1.85. The van der Waals surface area contributed by atoms with Gasteiger partial charge < -0.3 is 15.4 Å². The van der Waals surface area contributed by atoms with Crippen LogP contribution in [-0.2, 0) is 17.6 Å². The number of nitrogens with one attached hydrogen (secondary N) is 2. The van der Waals surface area contributed by atoms with E-state index >= 15 is 0 Å². The molecule has 2 aliphatic rings. The topological polar surface area (TPSA) is 78.0 Å². The van der Waals surface area contributed by atoms with Crippen LogP contribution in [0.1, 0.15) is 48.4 Å². The summed E-state index contributed by atoms with van der Waals surface area (Å²) < 4.78 is 14.7. The molecule has 0 spiro atoms. The lowest BCUT2D eigenvalue weighted by Gasteiger charge is -2.24. The van der Waals surface area contributed by atoms with Crippen LogP contribution in [0, 0.1) is 11.7 Å². The third-order valence-electron chi connectivity index (χ3n) is 5.53. The van der Waals surface area contributed by atoms with Gasteiger partial charge in [0.25, 0.3) is 0 Å². The van der Waals surface area contributed by atoms with Gasteiger partial charge in [-0.3, -0.25) is 4.79 Å². The minimum Gasteiger partial charge on any atom is -0.481 e. The van der Waals surface area contributed by atoms with Crippen LogP contribution in [0.2, 0.25) is 0 Å². The molecule has 4 rings (SSSR count). The molecule has 1 aliphatic heterocycles. The van der Waals surface area contributed by atoms with Crippen LogP contribution in [-0.4, -0.2) is 34.1 Å². The minimum atomic E-state index is -0.751. The standard InChI is InChI=1S/C18H22FN3O2/c19-13-9-21-17-16(15(13)10-4-6-20-7-5-10)12-3-1-2-11(18(23)24)8-14(12)22-17/h9-11,20H,1-8H2,(H,21,22)(H,23,24). The molecule has 1 aliphatic carbocycles. The third-order valence-corrected chi connectivity index (χ3v) is 5.53. The average molecular weight is 331 g/mol. The maximum absolute atomic E-state index is 14.7. The van der Waals surface area contributed by atoms with Gasteiger partial charge in [0.2, 0.25) is 0 Å². The van der Waals surface area contributed by atoms with Crippen molar-refractivity contribution in [2.24, 2.45) is 5.92 Å². The number of carboxylic acids is 1. The van der Waals surface area contributed by atoms with Gasteiger partial charge in [-0.25, -0.2) is 9.37 Å². The summed E-state index contributed by atoms with van der Waals surface area (Å²) >= 11 is 0. The summed E-state index contributed by atoms with van der Waals surface area (Å²) in [5, 5.41) is 13.6. The molecule has 0 aromatic carbocycles. The predicted octanol–water partition coefficient (Wildman–Crippen LogP) is 2.75. The van der Waals surface area contributed by atoms with Gasteiger partial charge in [0.1, 0.15) is 11.5 Å². The summed E-state index contributed by atoms with van der Waals surface area (Å²) in [4.78, 5) is 18.9. The Hall–Kier alpha value is -1.95. The summed E-state index contributed by atoms with van der Waals surface area (Å²) in [6.07, 6.45) is 5.92. The number of hydrogen-bond acceptors (Lipinski definition) is 3. The molecule has 3 heterocycles. The molecule has 2 aromatic heterocycles. The molecular weight excluding hydrogens is 309 g/mol. The molecule has 128 valence electrons. The third kappa shape index (κ3) is 2.59. The number of halogens is 1. The SMILES string of the molecule is O=C(O)C1CCCc2c([nH]c3ncc(F)c(C4CCNCC4)c23)C1. The number of aromatic nitrogens is 2. The molecule has 24 heavy (non-hydrogen) atoms. The highest BCUT2D eigenvalue weighted by Crippen LogP contribution is 2.38. The van der Waals surface area contributed by atoms with Gasteiger partial charge in [0.15, 0.2) is 0 Å². The molecule has 0 saturated carbocycles. The van der Waals surface area contributed by atoms with Crippen molar-refractivity contribution in [2.75, 3.05) is 13.1 Å². The van der Waals surface area contributed by atoms with Gasteiger partial charge in [-0.2, -0.15) is 0 Å². The van der Waals surface area contributed by atoms with E-state index in [4.69, 9.17) is 0 Å². The second-order valence-corrected chi connectivity index (χ2v) is 6.98. The molecule has 0 radical (unpaired) electrons. The maximum Gasteiger partial charge on any atom is 0.306 e. The molecule has 5 nitrogen and oxygen atoms in total. The molecule has 1 unspecified atom stereocenters. The minimum absolute atomic E-state index is 0.204. The van der Waals surface area contributed by atoms with Crippen LogP contribution in [0.4, 0.5) is 4.39 Å². The van der Waals surface area contributed by atoms with Crippen molar-refractivity contribution < 1.29 is 14.3 Å². The summed E-state index contributed by atoms with van der Waals surface area (Å²) in [5.74, 6) is -1.14. The largest absolute Gasteiger partial charge is 0.481 e. The summed E-state index contributed by atoms with van der Waals surface area (Å²) in [5.41, 5.74) is 3.52. The number of piperidine rings is 1. The quantitative estimate of drug-likeness (QED) is 0.740. The van der Waals surface area contributed by atoms with Gasteiger partial charge in [0, 0.05) is 23.1 Å². The van der Waals surface area contributed by atoms with Crippen LogP contribution < -0.4 is 5.32 Å². The summed E-state index contributed by atoms with van der Waals surface area (Å²) in [6, 6.07) is 0. The Morgan fingerprint density at radius 3 is 2.83 bits per heavy atom. The highest BCUT2D eigenvalue weighted by molar-refractivity contribution is 5.86. The number of aliphatic carboxylic acids is 1. The molecule has 2 aromatic rings. The Morgan fingerprint density at radius 2 is 2.08 bits per heavy atom. The van der Waals surface area contributed by atoms with Crippen molar-refractivity contribution in [3.8, 4) is 0 Å². The first-order valence-electron chi connectivity index (χ1n) is 8.76. The predicted molar refractivity (Wildman–Crippen MR) is 88.7 cm³/mol. The van der Waals surface area contributed by atoms with Crippen molar-refractivity contribution in [1.29, 1.82) is 0 Å². The zero-order valence-corrected chi connectivity index (χ0v) is 13.6. The van der Waals surface area contributed by atoms with E-state index in [2.05, 4.69) is 15.3 Å². The second-order valence-electron chi connectivity index (χ2n) is 6.98. The fourth-order valence-electron chi connectivity index (χ4n) is 4.32. The molecule has 1 fully saturated rings. The molecule has 0 amide bonds. The van der Waals surface area contributed by atoms with E-state index < -0.39 is 5.97 Å². The molecule has 1 atom stereocenters. The zero-order chi connectivity index (χ0) is 16.7. The van der Waals surface area contributed by atoms with Crippen molar-refractivity contribution >= 4 is 17.0 Å². The van der Waals surface area contributed by atoms with Gasteiger partial charge in [-0.05, 0) is 56.7 Å². The number of hydrogen-bond donors (Lipinski definition) is 3. The second kappa shape index (κ2) is 6.16. The Kier molecular flexibility index (Phi) is 4.00. The average Bonchev–Trinajstić information content (AvgIpc) is 2.78. The van der Waals surface area contributed by atoms with Crippen molar-refractivity contribution in [1.82, 2.24) is 15.3 Å². The Bertz CT molecular complexity index is 780. The number of pyridine rings is 1. The lowest BCUT2D eigenvalue weighted by Crippen LogP contribution is -2.27. The number of carbonyl (C=O) groups is 1. The lowest BCUT2D eigenvalue weighted by molar-refractivity contribution is -0.141. The first-order valence-corrected chi connectivity index (χ1v) is 8.76. The lowest BCUT2D eigenvalue weighted by atomic mass is 9.87. The van der Waals surface area contributed by atoms with Gasteiger partial charge in [-0.1, -0.05) is 0 Å². The number of H-pyrrole nitrogens is 1. The highest BCUT2D eigenvalue weighted by Gasteiger charge is 2.29. The fraction of sp³-hybridized carbons (Fsp3) is 0.556. The maximum atomic E-state index is 14.7. The molecule has 0 bridgehead atoms. The van der Waals surface area contributed by atoms with Crippen LogP contribution in [0.15, 0.2) is 6.20 Å². The number of aromatic amines is 1. The number of aryl methyl sites for hydroxylation is 1. The molecule has 6 heteroatoms. The van der Waals surface area contributed by atoms with E-state index in [9.17, 15) is 14.3 Å². The van der Waals surface area contributed by atoms with E-state index in [0.29, 0.717) is 18.5 Å². The van der Waals surface area contributed by atoms with Crippen LogP contribution >= 0.6 is 0 Å². The Morgan fingerprint density at radius 1 is 1.29 bits per heavy atom. The molecule has 3 N–H and O–H groups in total. The number of nitrogens with zero attached hydrogens (tertiary/aromatic N) is 1. The van der Waals surface area contributed by atoms with E-state index in [1.807, 2.05) is 0 Å². The van der Waals surface area contributed by atoms with Gasteiger partial charge >= 0.3 is 5.97 Å². The van der Waals surface area contributed by atoms with Crippen LogP contribution in [0.25, 0.3) is 11.0 Å². The summed E-state index contributed by atoms with van der Waals surface area (Å²) in [6.45, 7) is 1.81. The fourth-order valence-corrected chi connectivity index (χ4v) is 4.32. The highest BCUT2D eigenvalue weighted by atomic mass is 19.1. The molecular formula is C18H22FN3O2. The van der Waals surface area contributed by atoms with Crippen molar-refractivity contribution in [2.45, 2.75) is 44.4 Å². The van der Waals surface area contributed by atoms with E-state index in [1.165, 1.54) is 6.20 Å². The normalized spacial score (nSPS) is 22.3. The van der Waals surface area contributed by atoms with Gasteiger partial charge in [0.05, 0.1) is 12.1 Å². The van der Waals surface area contributed by atoms with Crippen LogP contribution in [0.3, 0.4) is 0 Å². The smallest absolute Gasteiger partial charge is 0.306 e. The number of carboxylic acid groups (broad SMARTS) is 1. The number of rotatable bonds is 2. The summed E-state index contributed by atoms with van der Waals surface area (Å²) in [7, 11) is 0. The monoisotopic (exact) mass is 331 g/mol. The first-order chi connectivity index (χ1) is 11.6. The van der Waals surface area contributed by atoms with Crippen molar-refractivity contribution in [3.05, 3.63) is 28.8 Å². The van der Waals surface area contributed by atoms with E-state index in [0.717, 1.165) is 61.0 Å². The van der Waals surface area contributed by atoms with E-state index in [1.54, 1.807) is 0 Å². The zero-order valence-electron chi connectivity index (χ0n) is 13.6. The van der Waals surface area contributed by atoms with E-state index in [-0.39, 0.29) is 17.7 Å². The Labute approximate surface area is 139 Å². The van der Waals surface area contributed by atoms with Gasteiger partial charge in [-0.15, -0.1) is 0 Å². The van der Waals surface area contributed by atoms with Crippen LogP contribution in [0.5, 0.6) is 0 Å².